The molecule has 0 aromatic rings. The van der Waals surface area contributed by atoms with Crippen molar-refractivity contribution in [3.8, 4) is 0 Å². The highest BCUT2D eigenvalue weighted by Gasteiger charge is 2.26. The summed E-state index contributed by atoms with van der Waals surface area (Å²) < 4.78 is 0. The molecule has 0 saturated carbocycles. The Morgan fingerprint density at radius 2 is 2.12 bits per heavy atom. The largest absolute Gasteiger partial charge is 0.385 e. The number of nitrogens with one attached hydrogen (secondary N) is 1. The zero-order chi connectivity index (χ0) is 12.1. The fourth-order valence-corrected chi connectivity index (χ4v) is 2.33. The van der Waals surface area contributed by atoms with Crippen LogP contribution in [-0.2, 0) is 0 Å². The van der Waals surface area contributed by atoms with Gasteiger partial charge in [0.25, 0.3) is 0 Å². The lowest BCUT2D eigenvalue weighted by molar-refractivity contribution is 0.267. The number of nitrogens with zero attached hydrogens (tertiary/aromatic N) is 1. The van der Waals surface area contributed by atoms with Crippen LogP contribution in [0.2, 0.25) is 0 Å². The van der Waals surface area contributed by atoms with Crippen LogP contribution in [0.25, 0.3) is 0 Å². The fraction of sp³-hybridized carbons (Fsp3) is 0.857. The van der Waals surface area contributed by atoms with Crippen molar-refractivity contribution < 1.29 is 0 Å². The van der Waals surface area contributed by atoms with Crippen LogP contribution in [0.4, 0.5) is 0 Å². The Kier molecular flexibility index (Phi) is 5.33. The number of hydrogen-bond acceptors (Lipinski definition) is 2. The molecule has 1 saturated heterocycles. The molecule has 2 unspecified atom stereocenters. The molecule has 2 atom stereocenters. The average Bonchev–Trinajstić information content (AvgIpc) is 2.66. The van der Waals surface area contributed by atoms with Crippen molar-refractivity contribution in [3.05, 3.63) is 12.3 Å². The van der Waals surface area contributed by atoms with Gasteiger partial charge < -0.3 is 5.32 Å². The van der Waals surface area contributed by atoms with Gasteiger partial charge in [0.2, 0.25) is 0 Å². The first kappa shape index (κ1) is 13.6. The van der Waals surface area contributed by atoms with Crippen LogP contribution in [0.1, 0.15) is 47.0 Å². The van der Waals surface area contributed by atoms with E-state index >= 15 is 0 Å². The molecule has 16 heavy (non-hydrogen) atoms. The quantitative estimate of drug-likeness (QED) is 0.746. The smallest absolute Gasteiger partial charge is 0.0489 e. The molecule has 2 nitrogen and oxygen atoms in total. The highest BCUT2D eigenvalue weighted by atomic mass is 15.2. The Hall–Kier alpha value is -0.500. The van der Waals surface area contributed by atoms with Gasteiger partial charge in [0.05, 0.1) is 0 Å². The second kappa shape index (κ2) is 6.29. The van der Waals surface area contributed by atoms with Crippen LogP contribution in [0, 0.1) is 5.92 Å². The van der Waals surface area contributed by atoms with E-state index < -0.39 is 0 Å². The Morgan fingerprint density at radius 1 is 1.44 bits per heavy atom. The average molecular weight is 224 g/mol. The second-order valence-electron chi connectivity index (χ2n) is 5.40. The number of rotatable bonds is 6. The number of likely N-dealkylation sites (tertiary alicyclic amines) is 1. The summed E-state index contributed by atoms with van der Waals surface area (Å²) in [6.07, 6.45) is 3.83. The summed E-state index contributed by atoms with van der Waals surface area (Å²) >= 11 is 0. The van der Waals surface area contributed by atoms with E-state index in [-0.39, 0.29) is 0 Å². The molecular formula is C14H28N2. The van der Waals surface area contributed by atoms with E-state index in [0.717, 1.165) is 0 Å². The van der Waals surface area contributed by atoms with Crippen LogP contribution in [0.3, 0.4) is 0 Å². The van der Waals surface area contributed by atoms with Gasteiger partial charge in [0.15, 0.2) is 0 Å². The monoisotopic (exact) mass is 224 g/mol. The minimum atomic E-state index is 0.525. The van der Waals surface area contributed by atoms with E-state index in [1.54, 1.807) is 0 Å². The lowest BCUT2D eigenvalue weighted by atomic mass is 10.0. The standard InChI is InChI=1S/C14H28N2/c1-6-9-16-10-7-8-14(16)13(5)15-12(4)11(2)3/h11-12,14-15H,5-10H2,1-4H3. The summed E-state index contributed by atoms with van der Waals surface area (Å²) in [5, 5.41) is 3.57. The van der Waals surface area contributed by atoms with Crippen LogP contribution < -0.4 is 5.32 Å². The first-order valence-electron chi connectivity index (χ1n) is 6.75. The summed E-state index contributed by atoms with van der Waals surface area (Å²) in [5.74, 6) is 0.665. The molecule has 1 N–H and O–H groups in total. The molecule has 1 fully saturated rings. The van der Waals surface area contributed by atoms with Crippen molar-refractivity contribution in [2.75, 3.05) is 13.1 Å². The first-order valence-corrected chi connectivity index (χ1v) is 6.75. The van der Waals surface area contributed by atoms with Gasteiger partial charge in [0, 0.05) is 17.8 Å². The molecule has 0 aromatic carbocycles. The first-order chi connectivity index (χ1) is 7.56. The Balaban J connectivity index is 2.46. The molecule has 1 rings (SSSR count). The Bertz CT molecular complexity index is 223. The number of hydrogen-bond donors (Lipinski definition) is 1. The van der Waals surface area contributed by atoms with Gasteiger partial charge >= 0.3 is 0 Å². The molecule has 1 aliphatic heterocycles. The minimum absolute atomic E-state index is 0.525. The maximum absolute atomic E-state index is 4.24. The molecule has 0 bridgehead atoms. The third kappa shape index (κ3) is 3.51. The lowest BCUT2D eigenvalue weighted by Gasteiger charge is -2.29. The van der Waals surface area contributed by atoms with E-state index in [1.807, 2.05) is 0 Å². The fourth-order valence-electron chi connectivity index (χ4n) is 2.33. The molecule has 1 heterocycles. The van der Waals surface area contributed by atoms with E-state index in [9.17, 15) is 0 Å². The van der Waals surface area contributed by atoms with E-state index in [0.29, 0.717) is 18.0 Å². The molecule has 0 aliphatic carbocycles. The normalized spacial score (nSPS) is 23.7. The Labute approximate surface area is 101 Å². The topological polar surface area (TPSA) is 15.3 Å². The maximum Gasteiger partial charge on any atom is 0.0489 e. The van der Waals surface area contributed by atoms with Crippen LogP contribution in [-0.4, -0.2) is 30.1 Å². The third-order valence-corrected chi connectivity index (χ3v) is 3.69. The van der Waals surface area contributed by atoms with Gasteiger partial charge in [-0.2, -0.15) is 0 Å². The molecule has 0 spiro atoms. The highest BCUT2D eigenvalue weighted by Crippen LogP contribution is 2.22. The molecule has 2 heteroatoms. The van der Waals surface area contributed by atoms with Crippen molar-refractivity contribution in [3.63, 3.8) is 0 Å². The van der Waals surface area contributed by atoms with Gasteiger partial charge in [0.1, 0.15) is 0 Å². The van der Waals surface area contributed by atoms with Crippen molar-refractivity contribution in [1.29, 1.82) is 0 Å². The van der Waals surface area contributed by atoms with Gasteiger partial charge in [-0.15, -0.1) is 0 Å². The molecule has 0 aromatic heterocycles. The van der Waals surface area contributed by atoms with Gasteiger partial charge in [-0.3, -0.25) is 4.90 Å². The summed E-state index contributed by atoms with van der Waals surface area (Å²) in [6, 6.07) is 1.10. The zero-order valence-corrected chi connectivity index (χ0v) is 11.4. The SMILES string of the molecule is C=C(NC(C)C(C)C)C1CCCN1CCC. The second-order valence-corrected chi connectivity index (χ2v) is 5.40. The summed E-state index contributed by atoms with van der Waals surface area (Å²) in [7, 11) is 0. The van der Waals surface area contributed by atoms with Gasteiger partial charge in [-0.1, -0.05) is 27.4 Å². The maximum atomic E-state index is 4.24. The lowest BCUT2D eigenvalue weighted by Crippen LogP contribution is -2.40. The highest BCUT2D eigenvalue weighted by molar-refractivity contribution is 5.07. The van der Waals surface area contributed by atoms with E-state index in [4.69, 9.17) is 0 Å². The molecule has 1 aliphatic rings. The minimum Gasteiger partial charge on any atom is -0.385 e. The van der Waals surface area contributed by atoms with Crippen LogP contribution in [0.15, 0.2) is 12.3 Å². The predicted octanol–water partition coefficient (Wildman–Crippen LogP) is 3.01. The molecular weight excluding hydrogens is 196 g/mol. The Morgan fingerprint density at radius 3 is 2.69 bits per heavy atom. The van der Waals surface area contributed by atoms with Gasteiger partial charge in [-0.25, -0.2) is 0 Å². The summed E-state index contributed by atoms with van der Waals surface area (Å²) in [4.78, 5) is 2.57. The summed E-state index contributed by atoms with van der Waals surface area (Å²) in [5.41, 5.74) is 1.23. The van der Waals surface area contributed by atoms with Crippen molar-refractivity contribution >= 4 is 0 Å². The molecule has 0 radical (unpaired) electrons. The van der Waals surface area contributed by atoms with Crippen LogP contribution >= 0.6 is 0 Å². The van der Waals surface area contributed by atoms with E-state index in [2.05, 4.69) is 44.5 Å². The van der Waals surface area contributed by atoms with Crippen LogP contribution in [0.5, 0.6) is 0 Å². The predicted molar refractivity (Wildman–Crippen MR) is 71.5 cm³/mol. The third-order valence-electron chi connectivity index (χ3n) is 3.69. The van der Waals surface area contributed by atoms with Crippen molar-refractivity contribution in [2.45, 2.75) is 59.0 Å². The molecule has 0 amide bonds. The summed E-state index contributed by atoms with van der Waals surface area (Å²) in [6.45, 7) is 15.7. The van der Waals surface area contributed by atoms with E-state index in [1.165, 1.54) is 38.0 Å². The van der Waals surface area contributed by atoms with Gasteiger partial charge in [-0.05, 0) is 45.2 Å². The zero-order valence-electron chi connectivity index (χ0n) is 11.4. The van der Waals surface area contributed by atoms with Crippen molar-refractivity contribution in [2.24, 2.45) is 5.92 Å². The molecule has 94 valence electrons. The van der Waals surface area contributed by atoms with Crippen molar-refractivity contribution in [1.82, 2.24) is 10.2 Å².